The topological polar surface area (TPSA) is 178 Å². The van der Waals surface area contributed by atoms with Crippen LogP contribution in [0.5, 0.6) is 0 Å². The SMILES string of the molecule is Nc1ncnc2c1nc(NCc1ccc(-c3cccc(C(=O)OCc4ccccc4)c3)cc1)n2[C@@H]1O[C@H](CO)[C@@H](O)[C@H]1O. The number of aliphatic hydroxyl groups excluding tert-OH is 3. The Hall–Kier alpha value is -4.88. The molecule has 0 amide bonds. The van der Waals surface area contributed by atoms with Crippen molar-refractivity contribution in [2.24, 2.45) is 0 Å². The highest BCUT2D eigenvalue weighted by molar-refractivity contribution is 5.91. The second-order valence-electron chi connectivity index (χ2n) is 10.2. The first kappa shape index (κ1) is 28.2. The number of nitrogen functional groups attached to an aromatic ring is 1. The summed E-state index contributed by atoms with van der Waals surface area (Å²) in [6.45, 7) is 0.0793. The molecule has 220 valence electrons. The van der Waals surface area contributed by atoms with Crippen molar-refractivity contribution in [3.63, 3.8) is 0 Å². The van der Waals surface area contributed by atoms with Gasteiger partial charge in [0.15, 0.2) is 23.2 Å². The van der Waals surface area contributed by atoms with Crippen LogP contribution in [0.3, 0.4) is 0 Å². The van der Waals surface area contributed by atoms with E-state index in [9.17, 15) is 20.1 Å². The normalized spacial score (nSPS) is 19.9. The molecule has 1 saturated heterocycles. The molecule has 3 heterocycles. The Balaban J connectivity index is 1.17. The van der Waals surface area contributed by atoms with E-state index in [1.165, 1.54) is 10.9 Å². The zero-order valence-corrected chi connectivity index (χ0v) is 22.9. The number of nitrogens with two attached hydrogens (primary N) is 1. The number of ether oxygens (including phenoxy) is 2. The highest BCUT2D eigenvalue weighted by Crippen LogP contribution is 2.35. The Kier molecular flexibility index (Phi) is 7.99. The lowest BCUT2D eigenvalue weighted by molar-refractivity contribution is -0.0501. The third-order valence-electron chi connectivity index (χ3n) is 7.33. The summed E-state index contributed by atoms with van der Waals surface area (Å²) in [7, 11) is 0. The van der Waals surface area contributed by atoms with Gasteiger partial charge in [-0.3, -0.25) is 4.57 Å². The molecule has 0 aliphatic carbocycles. The van der Waals surface area contributed by atoms with Crippen LogP contribution in [-0.4, -0.2) is 65.7 Å². The van der Waals surface area contributed by atoms with E-state index in [0.29, 0.717) is 29.2 Å². The third-order valence-corrected chi connectivity index (χ3v) is 7.33. The van der Waals surface area contributed by atoms with Crippen LogP contribution in [0.15, 0.2) is 85.2 Å². The minimum atomic E-state index is -1.34. The smallest absolute Gasteiger partial charge is 0.338 e. The molecule has 0 saturated carbocycles. The van der Waals surface area contributed by atoms with Crippen LogP contribution in [0.2, 0.25) is 0 Å². The van der Waals surface area contributed by atoms with E-state index in [2.05, 4.69) is 20.3 Å². The average Bonchev–Trinajstić information content (AvgIpc) is 3.56. The largest absolute Gasteiger partial charge is 0.457 e. The molecule has 43 heavy (non-hydrogen) atoms. The molecule has 12 nitrogen and oxygen atoms in total. The van der Waals surface area contributed by atoms with Gasteiger partial charge in [-0.1, -0.05) is 66.7 Å². The summed E-state index contributed by atoms with van der Waals surface area (Å²) in [5.74, 6) is 0.0471. The van der Waals surface area contributed by atoms with Crippen molar-refractivity contribution in [3.8, 4) is 11.1 Å². The molecule has 0 radical (unpaired) electrons. The number of hydrogen-bond acceptors (Lipinski definition) is 11. The molecule has 4 atom stereocenters. The lowest BCUT2D eigenvalue weighted by Crippen LogP contribution is -2.33. The third kappa shape index (κ3) is 5.76. The Morgan fingerprint density at radius 2 is 1.74 bits per heavy atom. The van der Waals surface area contributed by atoms with Gasteiger partial charge in [0.1, 0.15) is 31.2 Å². The summed E-state index contributed by atoms with van der Waals surface area (Å²) in [6.07, 6.45) is -3.39. The Morgan fingerprint density at radius 1 is 0.953 bits per heavy atom. The maximum Gasteiger partial charge on any atom is 0.338 e. The predicted octanol–water partition coefficient (Wildman–Crippen LogP) is 2.66. The summed E-state index contributed by atoms with van der Waals surface area (Å²) in [5.41, 5.74) is 10.7. The standard InChI is InChI=1S/C31H30N6O6/c32-27-24-28(35-17-34-27)37(29-26(40)25(39)23(15-38)43-29)31(36-24)33-14-18-9-11-20(12-10-18)21-7-4-8-22(13-21)30(41)42-16-19-5-2-1-3-6-19/h1-13,17,23,25-26,29,38-40H,14-16H2,(H,33,36)(H2,32,34,35)/t23-,25-,26-,29-/m1/s1. The molecular weight excluding hydrogens is 552 g/mol. The van der Waals surface area contributed by atoms with E-state index >= 15 is 0 Å². The highest BCUT2D eigenvalue weighted by Gasteiger charge is 2.45. The molecular formula is C31H30N6O6. The zero-order valence-electron chi connectivity index (χ0n) is 22.9. The van der Waals surface area contributed by atoms with Crippen molar-refractivity contribution >= 4 is 28.9 Å². The number of benzene rings is 3. The molecule has 6 N–H and O–H groups in total. The number of aromatic nitrogens is 4. The molecule has 1 aliphatic heterocycles. The summed E-state index contributed by atoms with van der Waals surface area (Å²) in [6, 6.07) is 24.6. The van der Waals surface area contributed by atoms with E-state index < -0.39 is 37.1 Å². The van der Waals surface area contributed by atoms with Gasteiger partial charge >= 0.3 is 5.97 Å². The summed E-state index contributed by atoms with van der Waals surface area (Å²) >= 11 is 0. The zero-order chi connectivity index (χ0) is 29.9. The van der Waals surface area contributed by atoms with Crippen molar-refractivity contribution in [1.29, 1.82) is 0 Å². The van der Waals surface area contributed by atoms with Gasteiger partial charge in [0, 0.05) is 6.54 Å². The van der Waals surface area contributed by atoms with E-state index in [-0.39, 0.29) is 12.4 Å². The minimum absolute atomic E-state index is 0.147. The fourth-order valence-electron chi connectivity index (χ4n) is 5.01. The second kappa shape index (κ2) is 12.2. The lowest BCUT2D eigenvalue weighted by Gasteiger charge is -2.19. The van der Waals surface area contributed by atoms with Crippen LogP contribution in [0.1, 0.15) is 27.7 Å². The number of esters is 1. The monoisotopic (exact) mass is 582 g/mol. The van der Waals surface area contributed by atoms with Gasteiger partial charge < -0.3 is 35.8 Å². The number of anilines is 2. The van der Waals surface area contributed by atoms with Crippen LogP contribution in [0.25, 0.3) is 22.3 Å². The molecule has 5 aromatic rings. The minimum Gasteiger partial charge on any atom is -0.457 e. The Morgan fingerprint density at radius 3 is 2.49 bits per heavy atom. The van der Waals surface area contributed by atoms with Crippen LogP contribution in [0.4, 0.5) is 11.8 Å². The number of rotatable bonds is 9. The number of carbonyl (C=O) groups is 1. The van der Waals surface area contributed by atoms with Gasteiger partial charge in [0.05, 0.1) is 12.2 Å². The molecule has 6 rings (SSSR count). The highest BCUT2D eigenvalue weighted by atomic mass is 16.6. The molecule has 0 bridgehead atoms. The summed E-state index contributed by atoms with van der Waals surface area (Å²) < 4.78 is 12.7. The van der Waals surface area contributed by atoms with E-state index in [0.717, 1.165) is 22.3 Å². The first-order valence-electron chi connectivity index (χ1n) is 13.7. The molecule has 1 fully saturated rings. The van der Waals surface area contributed by atoms with Crippen LogP contribution in [0, 0.1) is 0 Å². The molecule has 3 aromatic carbocycles. The Labute approximate surface area is 246 Å². The molecule has 0 spiro atoms. The molecule has 12 heteroatoms. The van der Waals surface area contributed by atoms with Gasteiger partial charge in [-0.05, 0) is 34.4 Å². The first-order valence-corrected chi connectivity index (χ1v) is 13.7. The lowest BCUT2D eigenvalue weighted by atomic mass is 10.0. The number of fused-ring (bicyclic) bond motifs is 1. The van der Waals surface area contributed by atoms with E-state index in [1.807, 2.05) is 66.7 Å². The van der Waals surface area contributed by atoms with Crippen LogP contribution < -0.4 is 11.1 Å². The predicted molar refractivity (Wildman–Crippen MR) is 158 cm³/mol. The maximum absolute atomic E-state index is 12.7. The molecule has 1 aliphatic rings. The van der Waals surface area contributed by atoms with Gasteiger partial charge in [0.2, 0.25) is 5.95 Å². The number of aliphatic hydroxyl groups is 3. The fourth-order valence-corrected chi connectivity index (χ4v) is 5.01. The van der Waals surface area contributed by atoms with Crippen molar-refractivity contribution in [3.05, 3.63) is 102 Å². The van der Waals surface area contributed by atoms with E-state index in [1.54, 1.807) is 12.1 Å². The quantitative estimate of drug-likeness (QED) is 0.161. The Bertz CT molecular complexity index is 1730. The van der Waals surface area contributed by atoms with Crippen molar-refractivity contribution in [2.75, 3.05) is 17.7 Å². The van der Waals surface area contributed by atoms with Crippen LogP contribution >= 0.6 is 0 Å². The van der Waals surface area contributed by atoms with Gasteiger partial charge in [0.25, 0.3) is 0 Å². The van der Waals surface area contributed by atoms with Gasteiger partial charge in [-0.25, -0.2) is 19.7 Å². The van der Waals surface area contributed by atoms with Gasteiger partial charge in [-0.15, -0.1) is 0 Å². The maximum atomic E-state index is 12.7. The summed E-state index contributed by atoms with van der Waals surface area (Å²) in [5, 5.41) is 33.8. The molecule has 0 unspecified atom stereocenters. The number of carbonyl (C=O) groups excluding carboxylic acids is 1. The average molecular weight is 583 g/mol. The second-order valence-corrected chi connectivity index (χ2v) is 10.2. The van der Waals surface area contributed by atoms with Crippen molar-refractivity contribution in [2.45, 2.75) is 37.7 Å². The first-order chi connectivity index (χ1) is 20.9. The number of hydrogen-bond donors (Lipinski definition) is 5. The number of nitrogens with zero attached hydrogens (tertiary/aromatic N) is 4. The molecule has 2 aromatic heterocycles. The van der Waals surface area contributed by atoms with Crippen molar-refractivity contribution in [1.82, 2.24) is 19.5 Å². The van der Waals surface area contributed by atoms with E-state index in [4.69, 9.17) is 15.2 Å². The number of nitrogens with one attached hydrogen (secondary N) is 1. The fraction of sp³-hybridized carbons (Fsp3) is 0.226. The summed E-state index contributed by atoms with van der Waals surface area (Å²) in [4.78, 5) is 25.4. The van der Waals surface area contributed by atoms with Crippen molar-refractivity contribution < 1.29 is 29.6 Å². The van der Waals surface area contributed by atoms with Gasteiger partial charge in [-0.2, -0.15) is 0 Å². The number of imidazole rings is 1. The van der Waals surface area contributed by atoms with Crippen LogP contribution in [-0.2, 0) is 22.6 Å².